The summed E-state index contributed by atoms with van der Waals surface area (Å²) in [4.78, 5) is 0. The van der Waals surface area contributed by atoms with E-state index in [1.54, 1.807) is 24.3 Å². The molecule has 0 fully saturated rings. The van der Waals surface area contributed by atoms with Gasteiger partial charge in [-0.15, -0.1) is 0 Å². The highest BCUT2D eigenvalue weighted by Crippen LogP contribution is 2.26. The van der Waals surface area contributed by atoms with Crippen LogP contribution in [0.1, 0.15) is 0 Å². The topological polar surface area (TPSA) is 20.2 Å². The maximum Gasteiger partial charge on any atom is 0.141 e. The predicted octanol–water partition coefficient (Wildman–Crippen LogP) is 3.85. The Balaban J connectivity index is 2.50. The molecule has 2 aromatic rings. The van der Waals surface area contributed by atoms with Gasteiger partial charge < -0.3 is 5.11 Å². The molecule has 0 saturated carbocycles. The molecule has 1 N–H and O–H groups in total. The van der Waals surface area contributed by atoms with Crippen LogP contribution in [0.5, 0.6) is 5.75 Å². The summed E-state index contributed by atoms with van der Waals surface area (Å²) in [5.41, 5.74) is 1.58. The lowest BCUT2D eigenvalue weighted by Crippen LogP contribution is -1.80. The van der Waals surface area contributed by atoms with Gasteiger partial charge in [-0.25, -0.2) is 4.39 Å². The lowest BCUT2D eigenvalue weighted by Gasteiger charge is -2.03. The van der Waals surface area contributed by atoms with Gasteiger partial charge in [0, 0.05) is 0 Å². The summed E-state index contributed by atoms with van der Waals surface area (Å²) in [6.45, 7) is 0. The van der Waals surface area contributed by atoms with Crippen LogP contribution >= 0.6 is 11.6 Å². The Morgan fingerprint density at radius 2 is 1.73 bits per heavy atom. The molecule has 0 aliphatic carbocycles. The molecule has 76 valence electrons. The second-order valence-electron chi connectivity index (χ2n) is 3.18. The zero-order valence-corrected chi connectivity index (χ0v) is 8.50. The van der Waals surface area contributed by atoms with Crippen molar-refractivity contribution < 1.29 is 9.50 Å². The maximum absolute atomic E-state index is 12.9. The van der Waals surface area contributed by atoms with Crippen molar-refractivity contribution in [3.63, 3.8) is 0 Å². The summed E-state index contributed by atoms with van der Waals surface area (Å²) in [5, 5.41) is 9.37. The molecule has 0 atom stereocenters. The summed E-state index contributed by atoms with van der Waals surface area (Å²) >= 11 is 5.67. The minimum Gasteiger partial charge on any atom is -0.508 e. The van der Waals surface area contributed by atoms with Gasteiger partial charge in [-0.2, -0.15) is 0 Å². The number of hydrogen-bond acceptors (Lipinski definition) is 1. The van der Waals surface area contributed by atoms with Crippen molar-refractivity contribution in [3.8, 4) is 16.9 Å². The lowest BCUT2D eigenvalue weighted by molar-refractivity contribution is 0.475. The Bertz CT molecular complexity index is 497. The molecule has 0 bridgehead atoms. The highest BCUT2D eigenvalue weighted by atomic mass is 35.5. The van der Waals surface area contributed by atoms with Crippen LogP contribution in [0.25, 0.3) is 11.1 Å². The van der Waals surface area contributed by atoms with E-state index in [0.29, 0.717) is 0 Å². The Hall–Kier alpha value is -1.54. The van der Waals surface area contributed by atoms with Gasteiger partial charge in [-0.1, -0.05) is 29.8 Å². The third kappa shape index (κ3) is 2.10. The number of aromatic hydroxyl groups is 1. The number of phenolic OH excluding ortho intramolecular Hbond substituents is 1. The van der Waals surface area contributed by atoms with Crippen LogP contribution in [-0.4, -0.2) is 5.11 Å². The van der Waals surface area contributed by atoms with E-state index in [2.05, 4.69) is 0 Å². The first-order chi connectivity index (χ1) is 7.16. The van der Waals surface area contributed by atoms with Gasteiger partial charge in [0.15, 0.2) is 0 Å². The molecule has 15 heavy (non-hydrogen) atoms. The third-order valence-electron chi connectivity index (χ3n) is 2.10. The number of halogens is 2. The van der Waals surface area contributed by atoms with Crippen molar-refractivity contribution in [1.29, 1.82) is 0 Å². The Labute approximate surface area is 91.8 Å². The van der Waals surface area contributed by atoms with Crippen LogP contribution in [0.3, 0.4) is 0 Å². The Kier molecular flexibility index (Phi) is 2.60. The van der Waals surface area contributed by atoms with Crippen LogP contribution in [-0.2, 0) is 0 Å². The standard InChI is InChI=1S/C12H8ClFO/c13-11-7-9(4-5-12(11)14)8-2-1-3-10(15)6-8/h1-7,15H. The third-order valence-corrected chi connectivity index (χ3v) is 2.39. The fourth-order valence-corrected chi connectivity index (χ4v) is 1.54. The molecular formula is C12H8ClFO. The van der Waals surface area contributed by atoms with Crippen molar-refractivity contribution >= 4 is 11.6 Å². The van der Waals surface area contributed by atoms with Gasteiger partial charge in [-0.05, 0) is 35.4 Å². The zero-order valence-electron chi connectivity index (χ0n) is 7.74. The highest BCUT2D eigenvalue weighted by molar-refractivity contribution is 6.31. The van der Waals surface area contributed by atoms with Crippen molar-refractivity contribution in [2.24, 2.45) is 0 Å². The molecule has 0 radical (unpaired) electrons. The molecule has 2 rings (SSSR count). The van der Waals surface area contributed by atoms with Gasteiger partial charge in [0.2, 0.25) is 0 Å². The molecule has 0 unspecified atom stereocenters. The summed E-state index contributed by atoms with van der Waals surface area (Å²) in [6.07, 6.45) is 0. The first-order valence-corrected chi connectivity index (χ1v) is 4.79. The summed E-state index contributed by atoms with van der Waals surface area (Å²) < 4.78 is 12.9. The summed E-state index contributed by atoms with van der Waals surface area (Å²) in [7, 11) is 0. The van der Waals surface area contributed by atoms with E-state index >= 15 is 0 Å². The minimum atomic E-state index is -0.444. The van der Waals surface area contributed by atoms with Crippen molar-refractivity contribution in [1.82, 2.24) is 0 Å². The molecular weight excluding hydrogens is 215 g/mol. The normalized spacial score (nSPS) is 10.3. The highest BCUT2D eigenvalue weighted by Gasteiger charge is 2.03. The second-order valence-corrected chi connectivity index (χ2v) is 3.59. The second kappa shape index (κ2) is 3.91. The van der Waals surface area contributed by atoms with Gasteiger partial charge in [0.25, 0.3) is 0 Å². The first kappa shape index (κ1) is 9.99. The minimum absolute atomic E-state index is 0.0795. The number of hydrogen-bond donors (Lipinski definition) is 1. The smallest absolute Gasteiger partial charge is 0.141 e. The van der Waals surface area contributed by atoms with Crippen LogP contribution in [0, 0.1) is 5.82 Å². The fraction of sp³-hybridized carbons (Fsp3) is 0. The number of benzene rings is 2. The average molecular weight is 223 g/mol. The van der Waals surface area contributed by atoms with E-state index in [-0.39, 0.29) is 10.8 Å². The summed E-state index contributed by atoms with van der Waals surface area (Å²) in [6, 6.07) is 11.2. The van der Waals surface area contributed by atoms with Crippen LogP contribution in [0.15, 0.2) is 42.5 Å². The molecule has 0 aliphatic rings. The Morgan fingerprint density at radius 1 is 1.00 bits per heavy atom. The summed E-state index contributed by atoms with van der Waals surface area (Å²) in [5.74, 6) is -0.270. The SMILES string of the molecule is Oc1cccc(-c2ccc(F)c(Cl)c2)c1. The largest absolute Gasteiger partial charge is 0.508 e. The van der Waals surface area contributed by atoms with E-state index in [4.69, 9.17) is 11.6 Å². The van der Waals surface area contributed by atoms with E-state index in [0.717, 1.165) is 11.1 Å². The molecule has 0 heterocycles. The number of phenols is 1. The lowest BCUT2D eigenvalue weighted by atomic mass is 10.1. The molecule has 1 nitrogen and oxygen atoms in total. The first-order valence-electron chi connectivity index (χ1n) is 4.41. The van der Waals surface area contributed by atoms with E-state index in [9.17, 15) is 9.50 Å². The molecule has 2 aromatic carbocycles. The zero-order chi connectivity index (χ0) is 10.8. The quantitative estimate of drug-likeness (QED) is 0.777. The van der Waals surface area contributed by atoms with Crippen molar-refractivity contribution in [3.05, 3.63) is 53.3 Å². The van der Waals surface area contributed by atoms with E-state index in [1.165, 1.54) is 12.1 Å². The van der Waals surface area contributed by atoms with Crippen molar-refractivity contribution in [2.45, 2.75) is 0 Å². The van der Waals surface area contributed by atoms with Crippen LogP contribution in [0.4, 0.5) is 4.39 Å². The van der Waals surface area contributed by atoms with Gasteiger partial charge >= 0.3 is 0 Å². The maximum atomic E-state index is 12.9. The van der Waals surface area contributed by atoms with Gasteiger partial charge in [0.1, 0.15) is 11.6 Å². The number of rotatable bonds is 1. The van der Waals surface area contributed by atoms with Gasteiger partial charge in [0.05, 0.1) is 5.02 Å². The van der Waals surface area contributed by atoms with E-state index < -0.39 is 5.82 Å². The Morgan fingerprint density at radius 3 is 2.40 bits per heavy atom. The molecule has 0 aromatic heterocycles. The van der Waals surface area contributed by atoms with Crippen LogP contribution < -0.4 is 0 Å². The van der Waals surface area contributed by atoms with Crippen molar-refractivity contribution in [2.75, 3.05) is 0 Å². The fourth-order valence-electron chi connectivity index (χ4n) is 1.36. The monoisotopic (exact) mass is 222 g/mol. The predicted molar refractivity (Wildman–Crippen MR) is 58.5 cm³/mol. The molecule has 0 saturated heterocycles. The van der Waals surface area contributed by atoms with Gasteiger partial charge in [-0.3, -0.25) is 0 Å². The molecule has 3 heteroatoms. The van der Waals surface area contributed by atoms with Crippen LogP contribution in [0.2, 0.25) is 5.02 Å². The molecule has 0 aliphatic heterocycles. The molecule has 0 spiro atoms. The van der Waals surface area contributed by atoms with E-state index in [1.807, 2.05) is 6.07 Å². The molecule has 0 amide bonds. The average Bonchev–Trinajstić information content (AvgIpc) is 2.22.